The number of benzene rings is 2. The lowest BCUT2D eigenvalue weighted by molar-refractivity contribution is 0.184. The van der Waals surface area contributed by atoms with E-state index in [1.165, 1.54) is 0 Å². The van der Waals surface area contributed by atoms with Gasteiger partial charge < -0.3 is 19.9 Å². The van der Waals surface area contributed by atoms with E-state index in [9.17, 15) is 5.11 Å². The van der Waals surface area contributed by atoms with E-state index in [4.69, 9.17) is 9.47 Å². The molecule has 1 atom stereocenters. The first-order chi connectivity index (χ1) is 10.2. The van der Waals surface area contributed by atoms with Crippen LogP contribution in [0, 0.1) is 0 Å². The second-order valence-corrected chi connectivity index (χ2v) is 4.76. The monoisotopic (exact) mass is 287 g/mol. The molecule has 2 aromatic rings. The van der Waals surface area contributed by atoms with E-state index in [1.807, 2.05) is 48.5 Å². The third-order valence-corrected chi connectivity index (χ3v) is 3.30. The van der Waals surface area contributed by atoms with Gasteiger partial charge in [0.25, 0.3) is 0 Å². The zero-order valence-corrected chi connectivity index (χ0v) is 12.4. The fourth-order valence-corrected chi connectivity index (χ4v) is 2.12. The van der Waals surface area contributed by atoms with Crippen molar-refractivity contribution in [1.82, 2.24) is 0 Å². The van der Waals surface area contributed by atoms with Crippen LogP contribution in [-0.4, -0.2) is 25.9 Å². The Morgan fingerprint density at radius 3 is 2.43 bits per heavy atom. The second kappa shape index (κ2) is 7.67. The Hall–Kier alpha value is -2.04. The predicted molar refractivity (Wildman–Crippen MR) is 83.6 cm³/mol. The number of anilines is 1. The minimum atomic E-state index is -0.577. The highest BCUT2D eigenvalue weighted by molar-refractivity contribution is 5.51. The quantitative estimate of drug-likeness (QED) is 0.822. The number of hydrogen-bond acceptors (Lipinski definition) is 4. The van der Waals surface area contributed by atoms with Crippen LogP contribution in [0.3, 0.4) is 0 Å². The standard InChI is InChI=1S/C17H21NO3/c1-20-12-14-5-3-4-6-16(14)18-11-17(19)13-7-9-15(21-2)10-8-13/h3-10,17-19H,11-12H2,1-2H3. The first kappa shape index (κ1) is 15.4. The van der Waals surface area contributed by atoms with E-state index in [-0.39, 0.29) is 0 Å². The molecule has 0 fully saturated rings. The molecule has 0 aliphatic carbocycles. The molecule has 21 heavy (non-hydrogen) atoms. The summed E-state index contributed by atoms with van der Waals surface area (Å²) in [6, 6.07) is 15.3. The van der Waals surface area contributed by atoms with Gasteiger partial charge in [-0.2, -0.15) is 0 Å². The molecule has 0 radical (unpaired) electrons. The Morgan fingerprint density at radius 2 is 1.76 bits per heavy atom. The van der Waals surface area contributed by atoms with Crippen LogP contribution in [0.15, 0.2) is 48.5 Å². The van der Waals surface area contributed by atoms with Crippen molar-refractivity contribution in [3.8, 4) is 5.75 Å². The molecule has 0 heterocycles. The van der Waals surface area contributed by atoms with Crippen molar-refractivity contribution in [2.45, 2.75) is 12.7 Å². The maximum absolute atomic E-state index is 10.2. The van der Waals surface area contributed by atoms with Crippen LogP contribution in [0.2, 0.25) is 0 Å². The van der Waals surface area contributed by atoms with Gasteiger partial charge >= 0.3 is 0 Å². The molecule has 4 heteroatoms. The molecule has 112 valence electrons. The summed E-state index contributed by atoms with van der Waals surface area (Å²) in [5.74, 6) is 0.782. The smallest absolute Gasteiger partial charge is 0.118 e. The van der Waals surface area contributed by atoms with E-state index in [0.29, 0.717) is 13.2 Å². The van der Waals surface area contributed by atoms with Crippen LogP contribution in [0.5, 0.6) is 5.75 Å². The largest absolute Gasteiger partial charge is 0.497 e. The lowest BCUT2D eigenvalue weighted by Gasteiger charge is -2.16. The first-order valence-electron chi connectivity index (χ1n) is 6.87. The minimum Gasteiger partial charge on any atom is -0.497 e. The van der Waals surface area contributed by atoms with E-state index in [2.05, 4.69) is 5.32 Å². The van der Waals surface area contributed by atoms with Crippen LogP contribution < -0.4 is 10.1 Å². The van der Waals surface area contributed by atoms with Gasteiger partial charge in [-0.25, -0.2) is 0 Å². The van der Waals surface area contributed by atoms with E-state index in [1.54, 1.807) is 14.2 Å². The number of para-hydroxylation sites is 1. The average molecular weight is 287 g/mol. The summed E-state index contributed by atoms with van der Waals surface area (Å²) in [5.41, 5.74) is 2.90. The van der Waals surface area contributed by atoms with Gasteiger partial charge in [0.15, 0.2) is 0 Å². The van der Waals surface area contributed by atoms with Gasteiger partial charge in [0.05, 0.1) is 19.8 Å². The maximum atomic E-state index is 10.2. The third-order valence-electron chi connectivity index (χ3n) is 3.30. The van der Waals surface area contributed by atoms with Crippen LogP contribution in [0.25, 0.3) is 0 Å². The molecule has 0 saturated heterocycles. The van der Waals surface area contributed by atoms with Crippen molar-refractivity contribution in [2.24, 2.45) is 0 Å². The zero-order chi connectivity index (χ0) is 15.1. The summed E-state index contributed by atoms with van der Waals surface area (Å²) < 4.78 is 10.3. The predicted octanol–water partition coefficient (Wildman–Crippen LogP) is 2.99. The first-order valence-corrected chi connectivity index (χ1v) is 6.87. The summed E-state index contributed by atoms with van der Waals surface area (Å²) in [7, 11) is 3.29. The van der Waals surface area contributed by atoms with Gasteiger partial charge in [0.2, 0.25) is 0 Å². The Morgan fingerprint density at radius 1 is 1.05 bits per heavy atom. The Labute approximate surface area is 125 Å². The van der Waals surface area contributed by atoms with Crippen molar-refractivity contribution >= 4 is 5.69 Å². The SMILES string of the molecule is COCc1ccccc1NCC(O)c1ccc(OC)cc1. The van der Waals surface area contributed by atoms with Gasteiger partial charge in [-0.05, 0) is 23.8 Å². The van der Waals surface area contributed by atoms with Gasteiger partial charge in [0.1, 0.15) is 5.75 Å². The third kappa shape index (κ3) is 4.21. The molecule has 4 nitrogen and oxygen atoms in total. The second-order valence-electron chi connectivity index (χ2n) is 4.76. The van der Waals surface area contributed by atoms with E-state index < -0.39 is 6.10 Å². The minimum absolute atomic E-state index is 0.438. The normalized spacial score (nSPS) is 12.0. The van der Waals surface area contributed by atoms with Crippen LogP contribution in [0.4, 0.5) is 5.69 Å². The van der Waals surface area contributed by atoms with Crippen molar-refractivity contribution in [2.75, 3.05) is 26.1 Å². The van der Waals surface area contributed by atoms with Crippen LogP contribution in [-0.2, 0) is 11.3 Å². The highest BCUT2D eigenvalue weighted by Gasteiger charge is 2.08. The maximum Gasteiger partial charge on any atom is 0.118 e. The molecule has 0 aliphatic heterocycles. The Kier molecular flexibility index (Phi) is 5.60. The molecule has 1 unspecified atom stereocenters. The Bertz CT molecular complexity index is 554. The van der Waals surface area contributed by atoms with Gasteiger partial charge in [-0.1, -0.05) is 30.3 Å². The lowest BCUT2D eigenvalue weighted by Crippen LogP contribution is -2.13. The average Bonchev–Trinajstić information content (AvgIpc) is 2.54. The van der Waals surface area contributed by atoms with E-state index in [0.717, 1.165) is 22.6 Å². The number of ether oxygens (including phenoxy) is 2. The molecule has 0 saturated carbocycles. The highest BCUT2D eigenvalue weighted by Crippen LogP contribution is 2.20. The molecule has 0 amide bonds. The number of nitrogens with one attached hydrogen (secondary N) is 1. The summed E-state index contributed by atoms with van der Waals surface area (Å²) in [5, 5.41) is 13.5. The van der Waals surface area contributed by atoms with E-state index >= 15 is 0 Å². The summed E-state index contributed by atoms with van der Waals surface area (Å²) in [4.78, 5) is 0. The number of methoxy groups -OCH3 is 2. The highest BCUT2D eigenvalue weighted by atomic mass is 16.5. The molecule has 0 bridgehead atoms. The molecule has 0 aromatic heterocycles. The molecule has 2 aromatic carbocycles. The topological polar surface area (TPSA) is 50.7 Å². The lowest BCUT2D eigenvalue weighted by atomic mass is 10.1. The van der Waals surface area contributed by atoms with Crippen molar-refractivity contribution in [3.05, 3.63) is 59.7 Å². The molecule has 2 rings (SSSR count). The molecule has 0 spiro atoms. The van der Waals surface area contributed by atoms with Crippen LogP contribution in [0.1, 0.15) is 17.2 Å². The molecule has 2 N–H and O–H groups in total. The summed E-state index contributed by atoms with van der Waals surface area (Å²) in [6.07, 6.45) is -0.577. The summed E-state index contributed by atoms with van der Waals surface area (Å²) >= 11 is 0. The number of aliphatic hydroxyl groups is 1. The van der Waals surface area contributed by atoms with Gasteiger partial charge in [0, 0.05) is 24.9 Å². The fourth-order valence-electron chi connectivity index (χ4n) is 2.12. The number of aliphatic hydroxyl groups excluding tert-OH is 1. The number of hydrogen-bond donors (Lipinski definition) is 2. The van der Waals surface area contributed by atoms with Crippen molar-refractivity contribution in [1.29, 1.82) is 0 Å². The van der Waals surface area contributed by atoms with Crippen molar-refractivity contribution in [3.63, 3.8) is 0 Å². The summed E-state index contributed by atoms with van der Waals surface area (Å²) in [6.45, 7) is 0.981. The van der Waals surface area contributed by atoms with Gasteiger partial charge in [-0.15, -0.1) is 0 Å². The number of rotatable bonds is 7. The van der Waals surface area contributed by atoms with Crippen LogP contribution >= 0.6 is 0 Å². The molecule has 0 aliphatic rings. The van der Waals surface area contributed by atoms with Crippen molar-refractivity contribution < 1.29 is 14.6 Å². The van der Waals surface area contributed by atoms with Gasteiger partial charge in [-0.3, -0.25) is 0 Å². The fraction of sp³-hybridized carbons (Fsp3) is 0.294. The zero-order valence-electron chi connectivity index (χ0n) is 12.4. The Balaban J connectivity index is 1.98. The molecular formula is C17H21NO3. The molecular weight excluding hydrogens is 266 g/mol.